The number of carbonyl (C=O) groups excluding carboxylic acids is 1. The molecule has 0 spiro atoms. The number of hydrogen-bond acceptors (Lipinski definition) is 6. The van der Waals surface area contributed by atoms with Gasteiger partial charge in [0.05, 0.1) is 16.3 Å². The molecule has 0 saturated carbocycles. The van der Waals surface area contributed by atoms with Crippen LogP contribution < -0.4 is 10.6 Å². The van der Waals surface area contributed by atoms with Crippen LogP contribution in [-0.2, 0) is 17.5 Å². The van der Waals surface area contributed by atoms with Crippen LogP contribution in [0.2, 0.25) is 5.02 Å². The standard InChI is InChI=1S/C17H20ClF3N6O2S/c1-2-3-27-15(29)23-24-16(27)30-10-13(28)25-4-6-26(7-5-25)14-12(18)8-11(9-22-14)17(19,20)21/h8-9H,2-7,10H2,1H3,(H,23,29). The predicted molar refractivity (Wildman–Crippen MR) is 107 cm³/mol. The fourth-order valence-corrected chi connectivity index (χ4v) is 4.20. The van der Waals surface area contributed by atoms with E-state index in [0.29, 0.717) is 37.9 Å². The third kappa shape index (κ3) is 5.09. The van der Waals surface area contributed by atoms with Crippen molar-refractivity contribution < 1.29 is 18.0 Å². The molecule has 30 heavy (non-hydrogen) atoms. The van der Waals surface area contributed by atoms with E-state index in [9.17, 15) is 22.8 Å². The monoisotopic (exact) mass is 464 g/mol. The number of pyridine rings is 1. The number of hydrogen-bond donors (Lipinski definition) is 1. The summed E-state index contributed by atoms with van der Waals surface area (Å²) in [5, 5.41) is 6.72. The third-order valence-corrected chi connectivity index (χ3v) is 5.82. The van der Waals surface area contributed by atoms with E-state index >= 15 is 0 Å². The van der Waals surface area contributed by atoms with Gasteiger partial charge in [0.1, 0.15) is 5.82 Å². The van der Waals surface area contributed by atoms with Gasteiger partial charge in [-0.1, -0.05) is 30.3 Å². The Bertz CT molecular complexity index is 956. The molecule has 8 nitrogen and oxygen atoms in total. The Morgan fingerprint density at radius 1 is 1.30 bits per heavy atom. The molecule has 1 aliphatic rings. The van der Waals surface area contributed by atoms with Crippen molar-refractivity contribution in [2.45, 2.75) is 31.2 Å². The summed E-state index contributed by atoms with van der Waals surface area (Å²) in [4.78, 5) is 31.5. The van der Waals surface area contributed by atoms with Gasteiger partial charge in [0.2, 0.25) is 5.91 Å². The van der Waals surface area contributed by atoms with E-state index in [1.54, 1.807) is 9.80 Å². The first-order chi connectivity index (χ1) is 14.2. The molecule has 1 saturated heterocycles. The van der Waals surface area contributed by atoms with E-state index in [4.69, 9.17) is 11.6 Å². The number of piperazine rings is 1. The second-order valence-corrected chi connectivity index (χ2v) is 8.00. The average molecular weight is 465 g/mol. The van der Waals surface area contributed by atoms with Gasteiger partial charge in [-0.25, -0.2) is 14.9 Å². The van der Waals surface area contributed by atoms with Crippen molar-refractivity contribution in [2.24, 2.45) is 0 Å². The highest BCUT2D eigenvalue weighted by atomic mass is 35.5. The fraction of sp³-hybridized carbons (Fsp3) is 0.529. The van der Waals surface area contributed by atoms with E-state index in [-0.39, 0.29) is 28.2 Å². The Hall–Kier alpha value is -2.21. The molecular weight excluding hydrogens is 445 g/mol. The lowest BCUT2D eigenvalue weighted by atomic mass is 10.2. The number of rotatable bonds is 6. The SMILES string of the molecule is CCCn1c(SCC(=O)N2CCN(c3ncc(C(F)(F)F)cc3Cl)CC2)n[nH]c1=O. The normalized spacial score (nSPS) is 15.0. The van der Waals surface area contributed by atoms with Gasteiger partial charge < -0.3 is 9.80 Å². The third-order valence-electron chi connectivity index (χ3n) is 4.58. The highest BCUT2D eigenvalue weighted by molar-refractivity contribution is 7.99. The average Bonchev–Trinajstić information content (AvgIpc) is 3.05. The molecule has 0 aliphatic carbocycles. The van der Waals surface area contributed by atoms with Crippen LogP contribution in [0.5, 0.6) is 0 Å². The van der Waals surface area contributed by atoms with Crippen LogP contribution in [0.15, 0.2) is 22.2 Å². The maximum atomic E-state index is 12.8. The topological polar surface area (TPSA) is 87.1 Å². The Kier molecular flexibility index (Phi) is 6.96. The Balaban J connectivity index is 1.55. The Morgan fingerprint density at radius 2 is 2.00 bits per heavy atom. The zero-order valence-corrected chi connectivity index (χ0v) is 17.6. The largest absolute Gasteiger partial charge is 0.417 e. The fourth-order valence-electron chi connectivity index (χ4n) is 3.04. The Morgan fingerprint density at radius 3 is 2.60 bits per heavy atom. The molecule has 0 unspecified atom stereocenters. The van der Waals surface area contributed by atoms with Gasteiger partial charge in [-0.05, 0) is 12.5 Å². The van der Waals surface area contributed by atoms with Gasteiger partial charge in [0, 0.05) is 38.9 Å². The second-order valence-electron chi connectivity index (χ2n) is 6.65. The van der Waals surface area contributed by atoms with Gasteiger partial charge in [0.15, 0.2) is 5.16 Å². The van der Waals surface area contributed by atoms with E-state index < -0.39 is 11.7 Å². The van der Waals surface area contributed by atoms with Crippen molar-refractivity contribution in [1.29, 1.82) is 0 Å². The molecule has 3 rings (SSSR count). The first-order valence-electron chi connectivity index (χ1n) is 9.24. The van der Waals surface area contributed by atoms with Crippen molar-refractivity contribution in [3.8, 4) is 0 Å². The number of aromatic nitrogens is 4. The van der Waals surface area contributed by atoms with Crippen molar-refractivity contribution in [3.05, 3.63) is 33.3 Å². The van der Waals surface area contributed by atoms with Crippen LogP contribution in [0.4, 0.5) is 19.0 Å². The number of anilines is 1. The minimum Gasteiger partial charge on any atom is -0.352 e. The lowest BCUT2D eigenvalue weighted by molar-refractivity contribution is -0.137. The summed E-state index contributed by atoms with van der Waals surface area (Å²) < 4.78 is 39.8. The number of H-pyrrole nitrogens is 1. The number of thioether (sulfide) groups is 1. The number of nitrogens with one attached hydrogen (secondary N) is 1. The number of aromatic amines is 1. The van der Waals surface area contributed by atoms with Crippen LogP contribution >= 0.6 is 23.4 Å². The lowest BCUT2D eigenvalue weighted by Gasteiger charge is -2.35. The molecular formula is C17H20ClF3N6O2S. The van der Waals surface area contributed by atoms with Gasteiger partial charge in [-0.3, -0.25) is 9.36 Å². The number of carbonyl (C=O) groups is 1. The summed E-state index contributed by atoms with van der Waals surface area (Å²) in [5.41, 5.74) is -1.21. The maximum absolute atomic E-state index is 12.8. The first kappa shape index (κ1) is 22.5. The van der Waals surface area contributed by atoms with Crippen molar-refractivity contribution >= 4 is 35.1 Å². The maximum Gasteiger partial charge on any atom is 0.417 e. The van der Waals surface area contributed by atoms with Crippen LogP contribution in [0.1, 0.15) is 18.9 Å². The van der Waals surface area contributed by atoms with Crippen LogP contribution in [0.3, 0.4) is 0 Å². The molecule has 0 radical (unpaired) electrons. The molecule has 1 amide bonds. The molecule has 1 aliphatic heterocycles. The Labute approximate surface area is 179 Å². The van der Waals surface area contributed by atoms with Gasteiger partial charge in [0.25, 0.3) is 0 Å². The number of amides is 1. The quantitative estimate of drug-likeness (QED) is 0.661. The lowest BCUT2D eigenvalue weighted by Crippen LogP contribution is -2.49. The minimum atomic E-state index is -4.51. The van der Waals surface area contributed by atoms with Gasteiger partial charge in [-0.15, -0.1) is 5.10 Å². The summed E-state index contributed by atoms with van der Waals surface area (Å²) in [5.74, 6) is 0.295. The van der Waals surface area contributed by atoms with E-state index in [0.717, 1.165) is 18.7 Å². The molecule has 164 valence electrons. The second kappa shape index (κ2) is 9.29. The summed E-state index contributed by atoms with van der Waals surface area (Å²) in [6.07, 6.45) is -2.98. The number of alkyl halides is 3. The van der Waals surface area contributed by atoms with Crippen molar-refractivity contribution in [3.63, 3.8) is 0 Å². The summed E-state index contributed by atoms with van der Waals surface area (Å²) >= 11 is 7.19. The zero-order valence-electron chi connectivity index (χ0n) is 16.1. The zero-order chi connectivity index (χ0) is 21.9. The molecule has 0 atom stereocenters. The minimum absolute atomic E-state index is 0.0763. The van der Waals surface area contributed by atoms with Crippen LogP contribution in [-0.4, -0.2) is 62.5 Å². The van der Waals surface area contributed by atoms with E-state index in [1.165, 1.54) is 16.3 Å². The summed E-state index contributed by atoms with van der Waals surface area (Å²) in [6, 6.07) is 0.859. The molecule has 2 aromatic rings. The highest BCUT2D eigenvalue weighted by Gasteiger charge is 2.32. The van der Waals surface area contributed by atoms with Crippen LogP contribution in [0, 0.1) is 0 Å². The highest BCUT2D eigenvalue weighted by Crippen LogP contribution is 2.33. The molecule has 2 aromatic heterocycles. The van der Waals surface area contributed by atoms with E-state index in [2.05, 4.69) is 15.2 Å². The predicted octanol–water partition coefficient (Wildman–Crippen LogP) is 2.49. The summed E-state index contributed by atoms with van der Waals surface area (Å²) in [6.45, 7) is 4.04. The molecule has 0 aromatic carbocycles. The summed E-state index contributed by atoms with van der Waals surface area (Å²) in [7, 11) is 0. The van der Waals surface area contributed by atoms with E-state index in [1.807, 2.05) is 6.92 Å². The molecule has 0 bridgehead atoms. The molecule has 1 N–H and O–H groups in total. The van der Waals surface area contributed by atoms with Gasteiger partial charge >= 0.3 is 11.9 Å². The van der Waals surface area contributed by atoms with Gasteiger partial charge in [-0.2, -0.15) is 13.2 Å². The number of nitrogens with zero attached hydrogens (tertiary/aromatic N) is 5. The molecule has 3 heterocycles. The van der Waals surface area contributed by atoms with Crippen molar-refractivity contribution in [2.75, 3.05) is 36.8 Å². The number of halogens is 4. The smallest absolute Gasteiger partial charge is 0.352 e. The first-order valence-corrected chi connectivity index (χ1v) is 10.6. The molecule has 1 fully saturated rings. The van der Waals surface area contributed by atoms with Crippen LogP contribution in [0.25, 0.3) is 0 Å². The molecule has 13 heteroatoms. The van der Waals surface area contributed by atoms with Crippen molar-refractivity contribution in [1.82, 2.24) is 24.6 Å².